The molecule has 2 aliphatic rings. The Morgan fingerprint density at radius 3 is 2.53 bits per heavy atom. The van der Waals surface area contributed by atoms with E-state index in [9.17, 15) is 14.7 Å². The van der Waals surface area contributed by atoms with Crippen LogP contribution in [-0.4, -0.2) is 66.5 Å². The monoisotopic (exact) mass is 441 g/mol. The number of rotatable bonds is 9. The molecule has 170 valence electrons. The van der Waals surface area contributed by atoms with Gasteiger partial charge in [-0.3, -0.25) is 4.79 Å². The SMILES string of the molecule is COc1ccc(-c2ccnc(N[C@H]3CO[C@H]4[C@@H]3OC[C@@H]4NC(=O)CCCC(=O)[O-])n2)cc1. The van der Waals surface area contributed by atoms with Crippen LogP contribution in [0.1, 0.15) is 19.3 Å². The Labute approximate surface area is 185 Å². The highest BCUT2D eigenvalue weighted by atomic mass is 16.6. The second kappa shape index (κ2) is 9.92. The summed E-state index contributed by atoms with van der Waals surface area (Å²) < 4.78 is 17.0. The zero-order valence-corrected chi connectivity index (χ0v) is 17.7. The minimum atomic E-state index is -1.16. The maximum Gasteiger partial charge on any atom is 0.223 e. The summed E-state index contributed by atoms with van der Waals surface area (Å²) in [6.07, 6.45) is 1.36. The van der Waals surface area contributed by atoms with Crippen molar-refractivity contribution in [2.75, 3.05) is 25.6 Å². The lowest BCUT2D eigenvalue weighted by atomic mass is 10.1. The molecule has 0 saturated carbocycles. The number of carbonyl (C=O) groups is 2. The van der Waals surface area contributed by atoms with Crippen LogP contribution in [0.3, 0.4) is 0 Å². The number of nitrogens with one attached hydrogen (secondary N) is 2. The van der Waals surface area contributed by atoms with E-state index in [0.29, 0.717) is 19.2 Å². The Morgan fingerprint density at radius 2 is 1.81 bits per heavy atom. The summed E-state index contributed by atoms with van der Waals surface area (Å²) in [4.78, 5) is 31.5. The number of ether oxygens (including phenoxy) is 3. The lowest BCUT2D eigenvalue weighted by Gasteiger charge is -2.18. The van der Waals surface area contributed by atoms with E-state index >= 15 is 0 Å². The van der Waals surface area contributed by atoms with Gasteiger partial charge in [0.15, 0.2) is 0 Å². The van der Waals surface area contributed by atoms with Gasteiger partial charge in [0.1, 0.15) is 18.0 Å². The molecule has 32 heavy (non-hydrogen) atoms. The first-order chi connectivity index (χ1) is 15.5. The van der Waals surface area contributed by atoms with Crippen molar-refractivity contribution in [2.24, 2.45) is 0 Å². The van der Waals surface area contributed by atoms with E-state index in [1.807, 2.05) is 30.3 Å². The first-order valence-corrected chi connectivity index (χ1v) is 10.5. The number of amides is 1. The van der Waals surface area contributed by atoms with Crippen LogP contribution in [0.4, 0.5) is 5.95 Å². The molecule has 2 N–H and O–H groups in total. The van der Waals surface area contributed by atoms with Gasteiger partial charge in [0, 0.05) is 24.2 Å². The Bertz CT molecular complexity index is 954. The highest BCUT2D eigenvalue weighted by Crippen LogP contribution is 2.29. The standard InChI is InChI=1S/C22H26N4O6/c1-30-14-7-5-13(6-8-14)15-9-10-23-22(25-15)26-17-12-32-20-16(11-31-21(17)20)24-18(27)3-2-4-19(28)29/h5-10,16-17,20-21H,2-4,11-12H2,1H3,(H,24,27)(H,28,29)(H,23,25,26)/p-1/t16-,17-,20+,21+/m0/s1. The molecule has 0 radical (unpaired) electrons. The summed E-state index contributed by atoms with van der Waals surface area (Å²) in [7, 11) is 1.62. The topological polar surface area (TPSA) is 135 Å². The average molecular weight is 441 g/mol. The number of anilines is 1. The van der Waals surface area contributed by atoms with E-state index in [1.165, 1.54) is 0 Å². The molecule has 10 heteroatoms. The van der Waals surface area contributed by atoms with Crippen LogP contribution in [-0.2, 0) is 19.1 Å². The number of hydrogen-bond acceptors (Lipinski definition) is 9. The van der Waals surface area contributed by atoms with Crippen molar-refractivity contribution >= 4 is 17.8 Å². The van der Waals surface area contributed by atoms with Gasteiger partial charge in [-0.1, -0.05) is 0 Å². The number of methoxy groups -OCH3 is 1. The molecule has 0 aliphatic carbocycles. The first-order valence-electron chi connectivity index (χ1n) is 10.5. The van der Waals surface area contributed by atoms with Gasteiger partial charge >= 0.3 is 0 Å². The fourth-order valence-electron chi connectivity index (χ4n) is 3.94. The fourth-order valence-corrected chi connectivity index (χ4v) is 3.94. The molecule has 0 bridgehead atoms. The van der Waals surface area contributed by atoms with Crippen LogP contribution in [0.25, 0.3) is 11.3 Å². The Balaban J connectivity index is 1.33. The molecule has 4 rings (SSSR count). The molecular weight excluding hydrogens is 416 g/mol. The molecular formula is C22H25N4O6-. The van der Waals surface area contributed by atoms with E-state index in [4.69, 9.17) is 14.2 Å². The largest absolute Gasteiger partial charge is 0.550 e. The molecule has 3 heterocycles. The maximum atomic E-state index is 12.1. The molecule has 0 unspecified atom stereocenters. The van der Waals surface area contributed by atoms with Crippen LogP contribution in [0.2, 0.25) is 0 Å². The molecule has 10 nitrogen and oxygen atoms in total. The van der Waals surface area contributed by atoms with Crippen molar-refractivity contribution in [3.63, 3.8) is 0 Å². The Morgan fingerprint density at radius 1 is 1.09 bits per heavy atom. The summed E-state index contributed by atoms with van der Waals surface area (Å²) in [6, 6.07) is 9.00. The van der Waals surface area contributed by atoms with Gasteiger partial charge in [0.25, 0.3) is 0 Å². The third-order valence-electron chi connectivity index (χ3n) is 5.54. The Hall–Kier alpha value is -3.24. The number of benzene rings is 1. The van der Waals surface area contributed by atoms with Gasteiger partial charge in [0.05, 0.1) is 38.1 Å². The molecule has 4 atom stereocenters. The molecule has 1 aromatic carbocycles. The van der Waals surface area contributed by atoms with Crippen molar-refractivity contribution in [1.82, 2.24) is 15.3 Å². The third-order valence-corrected chi connectivity index (χ3v) is 5.54. The third kappa shape index (κ3) is 5.14. The predicted molar refractivity (Wildman–Crippen MR) is 112 cm³/mol. The number of carbonyl (C=O) groups excluding carboxylic acids is 2. The summed E-state index contributed by atoms with van der Waals surface area (Å²) >= 11 is 0. The Kier molecular flexibility index (Phi) is 6.81. The van der Waals surface area contributed by atoms with Crippen LogP contribution in [0.15, 0.2) is 36.5 Å². The van der Waals surface area contributed by atoms with Crippen LogP contribution in [0, 0.1) is 0 Å². The lowest BCUT2D eigenvalue weighted by Crippen LogP contribution is -2.44. The summed E-state index contributed by atoms with van der Waals surface area (Å²) in [5.74, 6) is -0.149. The van der Waals surface area contributed by atoms with E-state index in [-0.39, 0.29) is 49.5 Å². The minimum Gasteiger partial charge on any atom is -0.550 e. The first kappa shape index (κ1) is 22.0. The number of nitrogens with zero attached hydrogens (tertiary/aromatic N) is 2. The number of hydrogen-bond donors (Lipinski definition) is 2. The molecule has 2 aromatic rings. The van der Waals surface area contributed by atoms with Gasteiger partial charge in [-0.05, 0) is 43.2 Å². The summed E-state index contributed by atoms with van der Waals surface area (Å²) in [5, 5.41) is 16.6. The van der Waals surface area contributed by atoms with Crippen molar-refractivity contribution in [3.8, 4) is 17.0 Å². The highest BCUT2D eigenvalue weighted by molar-refractivity contribution is 5.77. The van der Waals surface area contributed by atoms with Crippen LogP contribution < -0.4 is 20.5 Å². The zero-order valence-electron chi connectivity index (χ0n) is 17.7. The molecule has 1 amide bonds. The second-order valence-corrected chi connectivity index (χ2v) is 7.74. The number of fused-ring (bicyclic) bond motifs is 1. The van der Waals surface area contributed by atoms with Crippen molar-refractivity contribution < 1.29 is 28.9 Å². The number of aliphatic carboxylic acids is 1. The molecule has 0 spiro atoms. The number of carboxylic acid groups (broad SMARTS) is 1. The molecule has 2 fully saturated rings. The van der Waals surface area contributed by atoms with Gasteiger partial charge in [0.2, 0.25) is 11.9 Å². The number of aromatic nitrogens is 2. The van der Waals surface area contributed by atoms with Crippen LogP contribution in [0.5, 0.6) is 5.75 Å². The van der Waals surface area contributed by atoms with Gasteiger partial charge < -0.3 is 34.7 Å². The average Bonchev–Trinajstić information content (AvgIpc) is 3.37. The van der Waals surface area contributed by atoms with Crippen LogP contribution >= 0.6 is 0 Å². The predicted octanol–water partition coefficient (Wildman–Crippen LogP) is 0.135. The van der Waals surface area contributed by atoms with Gasteiger partial charge in [-0.25, -0.2) is 9.97 Å². The molecule has 2 aliphatic heterocycles. The van der Waals surface area contributed by atoms with Gasteiger partial charge in [-0.15, -0.1) is 0 Å². The summed E-state index contributed by atoms with van der Waals surface area (Å²) in [5.41, 5.74) is 1.71. The molecule has 2 saturated heterocycles. The van der Waals surface area contributed by atoms with E-state index < -0.39 is 5.97 Å². The zero-order chi connectivity index (χ0) is 22.5. The van der Waals surface area contributed by atoms with E-state index in [2.05, 4.69) is 20.6 Å². The van der Waals surface area contributed by atoms with Crippen molar-refractivity contribution in [3.05, 3.63) is 36.5 Å². The maximum absolute atomic E-state index is 12.1. The van der Waals surface area contributed by atoms with Crippen molar-refractivity contribution in [2.45, 2.75) is 43.6 Å². The normalized spacial score (nSPS) is 24.0. The van der Waals surface area contributed by atoms with Gasteiger partial charge in [-0.2, -0.15) is 0 Å². The fraction of sp³-hybridized carbons (Fsp3) is 0.455. The number of carboxylic acids is 1. The minimum absolute atomic E-state index is 0.121. The molecule has 1 aromatic heterocycles. The lowest BCUT2D eigenvalue weighted by molar-refractivity contribution is -0.305. The van der Waals surface area contributed by atoms with Crippen molar-refractivity contribution in [1.29, 1.82) is 0 Å². The summed E-state index contributed by atoms with van der Waals surface area (Å²) in [6.45, 7) is 0.717. The smallest absolute Gasteiger partial charge is 0.223 e. The second-order valence-electron chi connectivity index (χ2n) is 7.74. The quantitative estimate of drug-likeness (QED) is 0.557. The van der Waals surface area contributed by atoms with E-state index in [1.54, 1.807) is 13.3 Å². The van der Waals surface area contributed by atoms with E-state index in [0.717, 1.165) is 17.0 Å². The highest BCUT2D eigenvalue weighted by Gasteiger charge is 2.48.